The highest BCUT2D eigenvalue weighted by molar-refractivity contribution is 7.89. The topological polar surface area (TPSA) is 80.6 Å². The summed E-state index contributed by atoms with van der Waals surface area (Å²) in [5, 5.41) is 2.93. The van der Waals surface area contributed by atoms with E-state index in [9.17, 15) is 8.42 Å². The molecule has 1 fully saturated rings. The van der Waals surface area contributed by atoms with Crippen molar-refractivity contribution in [1.82, 2.24) is 10.0 Å². The summed E-state index contributed by atoms with van der Waals surface area (Å²) in [5.74, 6) is 1.04. The van der Waals surface area contributed by atoms with Crippen LogP contribution in [0.2, 0.25) is 0 Å². The van der Waals surface area contributed by atoms with Gasteiger partial charge in [-0.2, -0.15) is 0 Å². The predicted octanol–water partition coefficient (Wildman–Crippen LogP) is 1.15. The number of rotatable bonds is 7. The Morgan fingerprint density at radius 2 is 2.15 bits per heavy atom. The SMILES string of the molecule is CCOC1CC(NS(=O)(=O)c2cc(CNC)oc2C)C1. The summed E-state index contributed by atoms with van der Waals surface area (Å²) < 4.78 is 38.2. The van der Waals surface area contributed by atoms with Crippen LogP contribution in [0, 0.1) is 6.92 Å². The van der Waals surface area contributed by atoms with Crippen molar-refractivity contribution < 1.29 is 17.6 Å². The largest absolute Gasteiger partial charge is 0.464 e. The van der Waals surface area contributed by atoms with Crippen LogP contribution >= 0.6 is 0 Å². The Hall–Kier alpha value is -0.890. The van der Waals surface area contributed by atoms with Gasteiger partial charge in [-0.1, -0.05) is 0 Å². The summed E-state index contributed by atoms with van der Waals surface area (Å²) >= 11 is 0. The molecule has 1 aromatic heterocycles. The van der Waals surface area contributed by atoms with E-state index in [1.807, 2.05) is 6.92 Å². The van der Waals surface area contributed by atoms with E-state index in [0.29, 0.717) is 24.7 Å². The Morgan fingerprint density at radius 1 is 1.45 bits per heavy atom. The molecule has 0 atom stereocenters. The zero-order chi connectivity index (χ0) is 14.8. The molecule has 2 rings (SSSR count). The third kappa shape index (κ3) is 3.41. The van der Waals surface area contributed by atoms with Crippen molar-refractivity contribution in [3.8, 4) is 0 Å². The Labute approximate surface area is 119 Å². The number of aryl methyl sites for hydroxylation is 1. The molecule has 0 aliphatic heterocycles. The second-order valence-corrected chi connectivity index (χ2v) is 6.71. The lowest BCUT2D eigenvalue weighted by Gasteiger charge is -2.34. The first kappa shape index (κ1) is 15.5. The van der Waals surface area contributed by atoms with Gasteiger partial charge in [0, 0.05) is 18.7 Å². The van der Waals surface area contributed by atoms with Gasteiger partial charge in [-0.05, 0) is 33.7 Å². The van der Waals surface area contributed by atoms with Gasteiger partial charge in [0.15, 0.2) is 0 Å². The number of hydrogen-bond acceptors (Lipinski definition) is 5. The van der Waals surface area contributed by atoms with Gasteiger partial charge < -0.3 is 14.5 Å². The van der Waals surface area contributed by atoms with E-state index < -0.39 is 10.0 Å². The Morgan fingerprint density at radius 3 is 2.75 bits per heavy atom. The third-order valence-corrected chi connectivity index (χ3v) is 5.01. The van der Waals surface area contributed by atoms with Crippen molar-refractivity contribution in [2.75, 3.05) is 13.7 Å². The number of nitrogens with one attached hydrogen (secondary N) is 2. The van der Waals surface area contributed by atoms with Crippen LogP contribution in [0.25, 0.3) is 0 Å². The van der Waals surface area contributed by atoms with E-state index in [0.717, 1.165) is 12.8 Å². The molecular weight excluding hydrogens is 280 g/mol. The molecule has 0 unspecified atom stereocenters. The molecule has 0 aromatic carbocycles. The van der Waals surface area contributed by atoms with Gasteiger partial charge in [-0.15, -0.1) is 0 Å². The van der Waals surface area contributed by atoms with Crippen molar-refractivity contribution in [1.29, 1.82) is 0 Å². The minimum atomic E-state index is -3.51. The molecule has 1 aliphatic carbocycles. The maximum Gasteiger partial charge on any atom is 0.244 e. The van der Waals surface area contributed by atoms with Gasteiger partial charge in [-0.3, -0.25) is 0 Å². The highest BCUT2D eigenvalue weighted by Gasteiger charge is 2.34. The monoisotopic (exact) mass is 302 g/mol. The molecule has 1 heterocycles. The average Bonchev–Trinajstić information content (AvgIpc) is 2.69. The lowest BCUT2D eigenvalue weighted by molar-refractivity contribution is -0.00476. The predicted molar refractivity (Wildman–Crippen MR) is 75.0 cm³/mol. The van der Waals surface area contributed by atoms with Crippen LogP contribution in [0.4, 0.5) is 0 Å². The van der Waals surface area contributed by atoms with Crippen LogP contribution in [-0.4, -0.2) is 34.2 Å². The van der Waals surface area contributed by atoms with Crippen molar-refractivity contribution >= 4 is 10.0 Å². The van der Waals surface area contributed by atoms with E-state index in [1.165, 1.54) is 0 Å². The van der Waals surface area contributed by atoms with E-state index in [1.54, 1.807) is 20.0 Å². The maximum absolute atomic E-state index is 12.3. The molecule has 0 saturated heterocycles. The maximum atomic E-state index is 12.3. The third-order valence-electron chi connectivity index (χ3n) is 3.38. The van der Waals surface area contributed by atoms with E-state index >= 15 is 0 Å². The standard InChI is InChI=1S/C13H22N2O4S/c1-4-18-11-5-10(6-11)15-20(16,17)13-7-12(8-14-3)19-9(13)2/h7,10-11,14-15H,4-6,8H2,1-3H3. The van der Waals surface area contributed by atoms with Gasteiger partial charge in [0.05, 0.1) is 12.6 Å². The number of hydrogen-bond donors (Lipinski definition) is 2. The average molecular weight is 302 g/mol. The summed E-state index contributed by atoms with van der Waals surface area (Å²) in [7, 11) is -1.73. The van der Waals surface area contributed by atoms with Crippen LogP contribution < -0.4 is 10.0 Å². The number of furan rings is 1. The molecule has 1 aliphatic rings. The highest BCUT2D eigenvalue weighted by Crippen LogP contribution is 2.26. The molecule has 0 amide bonds. The summed E-state index contributed by atoms with van der Waals surface area (Å²) in [6.45, 7) is 4.78. The zero-order valence-corrected chi connectivity index (χ0v) is 12.9. The lowest BCUT2D eigenvalue weighted by atomic mass is 9.90. The summed E-state index contributed by atoms with van der Waals surface area (Å²) in [4.78, 5) is 0.225. The first-order valence-corrected chi connectivity index (χ1v) is 8.32. The fourth-order valence-corrected chi connectivity index (χ4v) is 3.83. The molecule has 1 aromatic rings. The van der Waals surface area contributed by atoms with Gasteiger partial charge >= 0.3 is 0 Å². The quantitative estimate of drug-likeness (QED) is 0.790. The fraction of sp³-hybridized carbons (Fsp3) is 0.692. The number of ether oxygens (including phenoxy) is 1. The van der Waals surface area contributed by atoms with Crippen molar-refractivity contribution in [2.45, 2.75) is 50.3 Å². The molecule has 6 nitrogen and oxygen atoms in total. The number of sulfonamides is 1. The van der Waals surface area contributed by atoms with Gasteiger partial charge in [0.1, 0.15) is 16.4 Å². The van der Waals surface area contributed by atoms with E-state index in [-0.39, 0.29) is 17.0 Å². The highest BCUT2D eigenvalue weighted by atomic mass is 32.2. The minimum absolute atomic E-state index is 0.0430. The summed E-state index contributed by atoms with van der Waals surface area (Å²) in [6.07, 6.45) is 1.64. The summed E-state index contributed by atoms with van der Waals surface area (Å²) in [5.41, 5.74) is 0. The van der Waals surface area contributed by atoms with Crippen molar-refractivity contribution in [2.24, 2.45) is 0 Å². The Bertz CT molecular complexity index is 547. The molecule has 0 spiro atoms. The van der Waals surface area contributed by atoms with Gasteiger partial charge in [-0.25, -0.2) is 13.1 Å². The van der Waals surface area contributed by atoms with Gasteiger partial charge in [0.25, 0.3) is 0 Å². The molecule has 7 heteroatoms. The van der Waals surface area contributed by atoms with Crippen LogP contribution in [0.1, 0.15) is 31.3 Å². The van der Waals surface area contributed by atoms with Crippen LogP contribution in [-0.2, 0) is 21.3 Å². The minimum Gasteiger partial charge on any atom is -0.464 e. The van der Waals surface area contributed by atoms with Crippen LogP contribution in [0.3, 0.4) is 0 Å². The summed E-state index contributed by atoms with van der Waals surface area (Å²) in [6, 6.07) is 1.53. The normalized spacial score (nSPS) is 22.8. The van der Waals surface area contributed by atoms with Crippen LogP contribution in [0.15, 0.2) is 15.4 Å². The van der Waals surface area contributed by atoms with E-state index in [2.05, 4.69) is 10.0 Å². The Balaban J connectivity index is 2.00. The first-order chi connectivity index (χ1) is 9.46. The molecule has 2 N–H and O–H groups in total. The smallest absolute Gasteiger partial charge is 0.244 e. The first-order valence-electron chi connectivity index (χ1n) is 6.84. The molecule has 0 bridgehead atoms. The second kappa shape index (κ2) is 6.26. The lowest BCUT2D eigenvalue weighted by Crippen LogP contribution is -2.47. The van der Waals surface area contributed by atoms with E-state index in [4.69, 9.17) is 9.15 Å². The molecule has 20 heavy (non-hydrogen) atoms. The van der Waals surface area contributed by atoms with Gasteiger partial charge in [0.2, 0.25) is 10.0 Å². The fourth-order valence-electron chi connectivity index (χ4n) is 2.37. The van der Waals surface area contributed by atoms with Crippen molar-refractivity contribution in [3.63, 3.8) is 0 Å². The molecule has 0 radical (unpaired) electrons. The second-order valence-electron chi connectivity index (χ2n) is 5.03. The van der Waals surface area contributed by atoms with Crippen molar-refractivity contribution in [3.05, 3.63) is 17.6 Å². The molecule has 114 valence electrons. The molecular formula is C13H22N2O4S. The Kier molecular flexibility index (Phi) is 4.85. The molecule has 1 saturated carbocycles. The van der Waals surface area contributed by atoms with Crippen LogP contribution in [0.5, 0.6) is 0 Å². The zero-order valence-electron chi connectivity index (χ0n) is 12.1.